The second-order valence-electron chi connectivity index (χ2n) is 3.95. The molecule has 102 valence electrons. The summed E-state index contributed by atoms with van der Waals surface area (Å²) >= 11 is 0. The van der Waals surface area contributed by atoms with Gasteiger partial charge in [-0.25, -0.2) is 9.78 Å². The van der Waals surface area contributed by atoms with Crippen LogP contribution in [-0.2, 0) is 10.0 Å². The Balaban J connectivity index is 2.39. The van der Waals surface area contributed by atoms with E-state index in [2.05, 4.69) is 19.7 Å². The molecule has 0 spiro atoms. The Labute approximate surface area is 108 Å². The zero-order valence-electron chi connectivity index (χ0n) is 10.2. The number of rotatable bonds is 4. The summed E-state index contributed by atoms with van der Waals surface area (Å²) < 4.78 is 26.2. The zero-order valence-corrected chi connectivity index (χ0v) is 11.0. The molecule has 0 atom stereocenters. The maximum atomic E-state index is 12.0. The smallest absolute Gasteiger partial charge is 0.339 e. The lowest BCUT2D eigenvalue weighted by atomic mass is 10.2. The Morgan fingerprint density at radius 3 is 2.63 bits per heavy atom. The first-order chi connectivity index (χ1) is 8.81. The highest BCUT2D eigenvalue weighted by molar-refractivity contribution is 7.92. The van der Waals surface area contributed by atoms with Crippen LogP contribution in [0.1, 0.15) is 21.9 Å². The van der Waals surface area contributed by atoms with E-state index in [9.17, 15) is 13.2 Å². The molecular formula is C10H12N4O4S. The molecule has 0 amide bonds. The standard InChI is InChI=1S/C10H12N4O4S/c1-5-9(10(15)16)7(3-11-5)14-19(17,18)8-4-12-6(2)13-8/h3-4,11,14H,1-2H3,(H,12,13)(H,15,16). The fourth-order valence-corrected chi connectivity index (χ4v) is 2.65. The van der Waals surface area contributed by atoms with Crippen molar-refractivity contribution < 1.29 is 18.3 Å². The Morgan fingerprint density at radius 2 is 2.11 bits per heavy atom. The van der Waals surface area contributed by atoms with Crippen molar-refractivity contribution in [2.24, 2.45) is 0 Å². The van der Waals surface area contributed by atoms with E-state index in [1.54, 1.807) is 13.8 Å². The van der Waals surface area contributed by atoms with Gasteiger partial charge in [0.25, 0.3) is 10.0 Å². The SMILES string of the molecule is Cc1ncc(S(=O)(=O)Nc2c[nH]c(C)c2C(=O)O)[nH]1. The molecule has 2 aromatic heterocycles. The highest BCUT2D eigenvalue weighted by atomic mass is 32.2. The highest BCUT2D eigenvalue weighted by Crippen LogP contribution is 2.22. The maximum absolute atomic E-state index is 12.0. The Kier molecular flexibility index (Phi) is 3.06. The average molecular weight is 284 g/mol. The van der Waals surface area contributed by atoms with Crippen LogP contribution in [0, 0.1) is 13.8 Å². The van der Waals surface area contributed by atoms with Gasteiger partial charge in [-0.3, -0.25) is 4.72 Å². The number of anilines is 1. The molecule has 2 heterocycles. The molecule has 8 nitrogen and oxygen atoms in total. The van der Waals surface area contributed by atoms with Crippen LogP contribution >= 0.6 is 0 Å². The van der Waals surface area contributed by atoms with E-state index in [0.29, 0.717) is 11.5 Å². The lowest BCUT2D eigenvalue weighted by Gasteiger charge is -2.05. The van der Waals surface area contributed by atoms with Crippen molar-refractivity contribution in [1.82, 2.24) is 15.0 Å². The minimum Gasteiger partial charge on any atom is -0.478 e. The number of carbonyl (C=O) groups is 1. The summed E-state index contributed by atoms with van der Waals surface area (Å²) in [5.41, 5.74) is 0.239. The summed E-state index contributed by atoms with van der Waals surface area (Å²) in [6, 6.07) is 0. The van der Waals surface area contributed by atoms with Crippen molar-refractivity contribution in [3.8, 4) is 0 Å². The summed E-state index contributed by atoms with van der Waals surface area (Å²) in [5, 5.41) is 8.91. The molecule has 0 unspecified atom stereocenters. The van der Waals surface area contributed by atoms with Crippen molar-refractivity contribution in [2.45, 2.75) is 18.9 Å². The number of imidazole rings is 1. The van der Waals surface area contributed by atoms with Crippen LogP contribution in [0.2, 0.25) is 0 Å². The molecule has 0 aromatic carbocycles. The van der Waals surface area contributed by atoms with Gasteiger partial charge in [-0.2, -0.15) is 8.42 Å². The number of aromatic nitrogens is 3. The number of aromatic carboxylic acids is 1. The third-order valence-corrected chi connectivity index (χ3v) is 3.78. The van der Waals surface area contributed by atoms with Crippen LogP contribution in [0.25, 0.3) is 0 Å². The first kappa shape index (κ1) is 13.1. The average Bonchev–Trinajstić information content (AvgIpc) is 2.85. The summed E-state index contributed by atoms with van der Waals surface area (Å²) in [4.78, 5) is 20.1. The molecule has 4 N–H and O–H groups in total. The Morgan fingerprint density at radius 1 is 1.42 bits per heavy atom. The number of aryl methyl sites for hydroxylation is 2. The molecule has 0 radical (unpaired) electrons. The van der Waals surface area contributed by atoms with Gasteiger partial charge in [-0.1, -0.05) is 0 Å². The van der Waals surface area contributed by atoms with Gasteiger partial charge in [0.15, 0.2) is 5.03 Å². The van der Waals surface area contributed by atoms with E-state index in [4.69, 9.17) is 5.11 Å². The van der Waals surface area contributed by atoms with Crippen molar-refractivity contribution >= 4 is 21.7 Å². The molecule has 0 saturated heterocycles. The Bertz CT molecular complexity index is 729. The molecule has 2 aromatic rings. The third kappa shape index (κ3) is 2.45. The van der Waals surface area contributed by atoms with Crippen molar-refractivity contribution in [1.29, 1.82) is 0 Å². The van der Waals surface area contributed by atoms with Crippen LogP contribution in [-0.4, -0.2) is 34.4 Å². The summed E-state index contributed by atoms with van der Waals surface area (Å²) in [5.74, 6) is -0.763. The maximum Gasteiger partial charge on any atom is 0.339 e. The number of nitrogens with zero attached hydrogens (tertiary/aromatic N) is 1. The molecule has 0 aliphatic heterocycles. The van der Waals surface area contributed by atoms with Crippen LogP contribution in [0.3, 0.4) is 0 Å². The number of carboxylic acids is 1. The van der Waals surface area contributed by atoms with E-state index in [0.717, 1.165) is 6.20 Å². The van der Waals surface area contributed by atoms with Crippen LogP contribution in [0.4, 0.5) is 5.69 Å². The minimum atomic E-state index is -3.89. The lowest BCUT2D eigenvalue weighted by molar-refractivity contribution is 0.0697. The fourth-order valence-electron chi connectivity index (χ4n) is 1.62. The van der Waals surface area contributed by atoms with E-state index in [-0.39, 0.29) is 16.3 Å². The monoisotopic (exact) mass is 284 g/mol. The zero-order chi connectivity index (χ0) is 14.2. The fraction of sp³-hybridized carbons (Fsp3) is 0.200. The van der Waals surface area contributed by atoms with Gasteiger partial charge in [-0.05, 0) is 13.8 Å². The Hall–Kier alpha value is -2.29. The molecule has 19 heavy (non-hydrogen) atoms. The molecule has 2 rings (SSSR count). The second kappa shape index (κ2) is 4.43. The van der Waals surface area contributed by atoms with E-state index >= 15 is 0 Å². The third-order valence-electron chi connectivity index (χ3n) is 2.50. The summed E-state index contributed by atoms with van der Waals surface area (Å²) in [6.45, 7) is 3.16. The predicted octanol–water partition coefficient (Wildman–Crippen LogP) is 0.854. The predicted molar refractivity (Wildman–Crippen MR) is 66.6 cm³/mol. The quantitative estimate of drug-likeness (QED) is 0.661. The lowest BCUT2D eigenvalue weighted by Crippen LogP contribution is -2.15. The van der Waals surface area contributed by atoms with Crippen LogP contribution < -0.4 is 4.72 Å². The minimum absolute atomic E-state index is 0.0164. The number of sulfonamides is 1. The molecule has 0 saturated carbocycles. The number of carboxylic acid groups (broad SMARTS) is 1. The molecule has 9 heteroatoms. The first-order valence-corrected chi connectivity index (χ1v) is 6.75. The van der Waals surface area contributed by atoms with Crippen molar-refractivity contribution in [3.63, 3.8) is 0 Å². The van der Waals surface area contributed by atoms with Crippen molar-refractivity contribution in [3.05, 3.63) is 29.5 Å². The summed E-state index contributed by atoms with van der Waals surface area (Å²) in [6.07, 6.45) is 2.46. The van der Waals surface area contributed by atoms with E-state index in [1.807, 2.05) is 0 Å². The normalized spacial score (nSPS) is 11.5. The molecule has 0 bridgehead atoms. The topological polar surface area (TPSA) is 128 Å². The summed E-state index contributed by atoms with van der Waals surface area (Å²) in [7, 11) is -3.89. The second-order valence-corrected chi connectivity index (χ2v) is 5.60. The van der Waals surface area contributed by atoms with Gasteiger partial charge >= 0.3 is 5.97 Å². The molecule has 0 aliphatic rings. The van der Waals surface area contributed by atoms with Gasteiger partial charge < -0.3 is 15.1 Å². The number of H-pyrrole nitrogens is 2. The van der Waals surface area contributed by atoms with Crippen LogP contribution in [0.15, 0.2) is 17.4 Å². The molecular weight excluding hydrogens is 272 g/mol. The molecule has 0 aliphatic carbocycles. The van der Waals surface area contributed by atoms with Gasteiger partial charge in [0, 0.05) is 11.9 Å². The number of hydrogen-bond acceptors (Lipinski definition) is 4. The van der Waals surface area contributed by atoms with Gasteiger partial charge in [-0.15, -0.1) is 0 Å². The highest BCUT2D eigenvalue weighted by Gasteiger charge is 2.22. The van der Waals surface area contributed by atoms with Gasteiger partial charge in [0.05, 0.1) is 11.9 Å². The largest absolute Gasteiger partial charge is 0.478 e. The van der Waals surface area contributed by atoms with Gasteiger partial charge in [0.1, 0.15) is 11.4 Å². The first-order valence-electron chi connectivity index (χ1n) is 5.27. The molecule has 0 fully saturated rings. The van der Waals surface area contributed by atoms with E-state index in [1.165, 1.54) is 6.20 Å². The van der Waals surface area contributed by atoms with Crippen LogP contribution in [0.5, 0.6) is 0 Å². The number of nitrogens with one attached hydrogen (secondary N) is 3. The van der Waals surface area contributed by atoms with E-state index < -0.39 is 16.0 Å². The number of hydrogen-bond donors (Lipinski definition) is 4. The van der Waals surface area contributed by atoms with Gasteiger partial charge in [0.2, 0.25) is 0 Å². The van der Waals surface area contributed by atoms with Crippen molar-refractivity contribution in [2.75, 3.05) is 4.72 Å². The number of aromatic amines is 2.